The Morgan fingerprint density at radius 1 is 1.35 bits per heavy atom. The Morgan fingerprint density at radius 2 is 2.12 bits per heavy atom. The van der Waals surface area contributed by atoms with Crippen LogP contribution in [0.25, 0.3) is 11.0 Å². The molecule has 0 bridgehead atoms. The number of rotatable bonds is 4. The Labute approximate surface area is 99.3 Å². The zero-order chi connectivity index (χ0) is 11.9. The number of para-hydroxylation sites is 2. The average Bonchev–Trinajstić information content (AvgIpc) is 3.07. The van der Waals surface area contributed by atoms with E-state index in [2.05, 4.69) is 14.7 Å². The zero-order valence-corrected chi connectivity index (χ0v) is 10.00. The highest BCUT2D eigenvalue weighted by molar-refractivity contribution is 7.90. The van der Waals surface area contributed by atoms with E-state index in [9.17, 15) is 8.42 Å². The largest absolute Gasteiger partial charge is 0.341 e. The van der Waals surface area contributed by atoms with Crippen molar-refractivity contribution in [3.8, 4) is 0 Å². The summed E-state index contributed by atoms with van der Waals surface area (Å²) in [6.07, 6.45) is 1.55. The van der Waals surface area contributed by atoms with Crippen molar-refractivity contribution in [3.05, 3.63) is 30.1 Å². The minimum Gasteiger partial charge on any atom is -0.341 e. The molecule has 0 saturated heterocycles. The van der Waals surface area contributed by atoms with E-state index >= 15 is 0 Å². The fourth-order valence-corrected chi connectivity index (χ4v) is 3.08. The summed E-state index contributed by atoms with van der Waals surface area (Å²) >= 11 is 0. The molecular weight excluding hydrogens is 238 g/mol. The maximum atomic E-state index is 11.6. The second kappa shape index (κ2) is 3.82. The number of nitrogens with one attached hydrogen (secondary N) is 2. The molecule has 0 atom stereocenters. The zero-order valence-electron chi connectivity index (χ0n) is 9.18. The summed E-state index contributed by atoms with van der Waals surface area (Å²) in [7, 11) is -3.13. The molecule has 17 heavy (non-hydrogen) atoms. The first kappa shape index (κ1) is 10.7. The monoisotopic (exact) mass is 251 g/mol. The molecule has 1 aromatic heterocycles. The highest BCUT2D eigenvalue weighted by atomic mass is 32.2. The number of hydrogen-bond acceptors (Lipinski definition) is 3. The molecule has 1 fully saturated rings. The predicted molar refractivity (Wildman–Crippen MR) is 64.9 cm³/mol. The summed E-state index contributed by atoms with van der Waals surface area (Å²) in [6, 6.07) is 7.63. The first-order valence-corrected chi connectivity index (χ1v) is 7.12. The van der Waals surface area contributed by atoms with Gasteiger partial charge in [-0.3, -0.25) is 0 Å². The van der Waals surface area contributed by atoms with Gasteiger partial charge in [-0.1, -0.05) is 12.1 Å². The molecule has 1 saturated carbocycles. The Balaban J connectivity index is 1.76. The minimum absolute atomic E-state index is 0.188. The van der Waals surface area contributed by atoms with Crippen LogP contribution in [-0.2, 0) is 16.6 Å². The predicted octanol–water partition coefficient (Wildman–Crippen LogP) is 1.14. The van der Waals surface area contributed by atoms with E-state index in [0.717, 1.165) is 23.9 Å². The molecule has 1 aromatic carbocycles. The van der Waals surface area contributed by atoms with Crippen LogP contribution in [0, 0.1) is 0 Å². The van der Waals surface area contributed by atoms with Crippen molar-refractivity contribution in [2.75, 3.05) is 0 Å². The van der Waals surface area contributed by atoms with Gasteiger partial charge in [-0.05, 0) is 25.0 Å². The van der Waals surface area contributed by atoms with Crippen molar-refractivity contribution < 1.29 is 8.42 Å². The Kier molecular flexibility index (Phi) is 2.41. The molecule has 1 aliphatic rings. The van der Waals surface area contributed by atoms with Gasteiger partial charge in [0.25, 0.3) is 0 Å². The SMILES string of the molecule is O=S(=O)(NCc1nc2ccccc2[nH]1)C1CC1. The third kappa shape index (κ3) is 2.18. The molecule has 1 aliphatic carbocycles. The number of imidazole rings is 1. The van der Waals surface area contributed by atoms with Crippen LogP contribution < -0.4 is 4.72 Å². The van der Waals surface area contributed by atoms with Crippen LogP contribution in [-0.4, -0.2) is 23.6 Å². The molecule has 6 heteroatoms. The lowest BCUT2D eigenvalue weighted by atomic mass is 10.3. The van der Waals surface area contributed by atoms with E-state index in [1.54, 1.807) is 0 Å². The molecule has 0 amide bonds. The standard InChI is InChI=1S/C11H13N3O2S/c15-17(16,8-5-6-8)12-7-11-13-9-3-1-2-4-10(9)14-11/h1-4,8,12H,5-7H2,(H,13,14). The molecule has 0 unspecified atom stereocenters. The molecule has 0 radical (unpaired) electrons. The highest BCUT2D eigenvalue weighted by Gasteiger charge is 2.35. The number of nitrogens with zero attached hydrogens (tertiary/aromatic N) is 1. The summed E-state index contributed by atoms with van der Waals surface area (Å²) in [4.78, 5) is 7.40. The highest BCUT2D eigenvalue weighted by Crippen LogP contribution is 2.27. The van der Waals surface area contributed by atoms with E-state index in [4.69, 9.17) is 0 Å². The van der Waals surface area contributed by atoms with Crippen LogP contribution in [0.5, 0.6) is 0 Å². The van der Waals surface area contributed by atoms with Crippen LogP contribution in [0.1, 0.15) is 18.7 Å². The number of aromatic nitrogens is 2. The summed E-state index contributed by atoms with van der Waals surface area (Å²) in [5.74, 6) is 0.649. The Bertz CT molecular complexity index is 611. The third-order valence-corrected chi connectivity index (χ3v) is 4.74. The number of sulfonamides is 1. The summed E-state index contributed by atoms with van der Waals surface area (Å²) in [6.45, 7) is 0.230. The maximum Gasteiger partial charge on any atom is 0.214 e. The quantitative estimate of drug-likeness (QED) is 0.855. The van der Waals surface area contributed by atoms with Gasteiger partial charge in [0, 0.05) is 0 Å². The van der Waals surface area contributed by atoms with Crippen molar-refractivity contribution in [2.24, 2.45) is 0 Å². The fourth-order valence-electron chi connectivity index (χ4n) is 1.75. The van der Waals surface area contributed by atoms with Gasteiger partial charge >= 0.3 is 0 Å². The summed E-state index contributed by atoms with van der Waals surface area (Å²) in [5, 5.41) is -0.188. The lowest BCUT2D eigenvalue weighted by Crippen LogP contribution is -2.27. The van der Waals surface area contributed by atoms with Gasteiger partial charge in [-0.2, -0.15) is 0 Å². The second-order valence-electron chi connectivity index (χ2n) is 4.27. The van der Waals surface area contributed by atoms with E-state index in [-0.39, 0.29) is 11.8 Å². The lowest BCUT2D eigenvalue weighted by Gasteiger charge is -2.02. The first-order valence-electron chi connectivity index (χ1n) is 5.57. The lowest BCUT2D eigenvalue weighted by molar-refractivity contribution is 0.578. The van der Waals surface area contributed by atoms with Gasteiger partial charge in [-0.25, -0.2) is 18.1 Å². The van der Waals surface area contributed by atoms with Crippen molar-refractivity contribution in [2.45, 2.75) is 24.6 Å². The average molecular weight is 251 g/mol. The second-order valence-corrected chi connectivity index (χ2v) is 6.31. The minimum atomic E-state index is -3.13. The normalized spacial score (nSPS) is 16.5. The van der Waals surface area contributed by atoms with E-state index < -0.39 is 10.0 Å². The first-order chi connectivity index (χ1) is 8.15. The van der Waals surface area contributed by atoms with E-state index in [0.29, 0.717) is 5.82 Å². The van der Waals surface area contributed by atoms with Gasteiger partial charge in [0.1, 0.15) is 5.82 Å². The molecule has 1 heterocycles. The topological polar surface area (TPSA) is 74.8 Å². The van der Waals surface area contributed by atoms with E-state index in [1.807, 2.05) is 24.3 Å². The van der Waals surface area contributed by atoms with Gasteiger partial charge in [-0.15, -0.1) is 0 Å². The Morgan fingerprint density at radius 3 is 2.82 bits per heavy atom. The van der Waals surface area contributed by atoms with Crippen LogP contribution in [0.3, 0.4) is 0 Å². The van der Waals surface area contributed by atoms with Gasteiger partial charge < -0.3 is 4.98 Å². The van der Waals surface area contributed by atoms with Crippen LogP contribution in [0.15, 0.2) is 24.3 Å². The number of H-pyrrole nitrogens is 1. The summed E-state index contributed by atoms with van der Waals surface area (Å²) in [5.41, 5.74) is 1.78. The van der Waals surface area contributed by atoms with Crippen molar-refractivity contribution in [1.82, 2.24) is 14.7 Å². The number of aromatic amines is 1. The molecule has 0 aliphatic heterocycles. The molecular formula is C11H13N3O2S. The van der Waals surface area contributed by atoms with Crippen molar-refractivity contribution >= 4 is 21.1 Å². The van der Waals surface area contributed by atoms with Crippen molar-refractivity contribution in [3.63, 3.8) is 0 Å². The van der Waals surface area contributed by atoms with Gasteiger partial charge in [0.15, 0.2) is 0 Å². The number of hydrogen-bond donors (Lipinski definition) is 2. The fraction of sp³-hybridized carbons (Fsp3) is 0.364. The molecule has 5 nitrogen and oxygen atoms in total. The Hall–Kier alpha value is -1.40. The molecule has 2 N–H and O–H groups in total. The van der Waals surface area contributed by atoms with Crippen LogP contribution in [0.4, 0.5) is 0 Å². The summed E-state index contributed by atoms with van der Waals surface area (Å²) < 4.78 is 25.8. The van der Waals surface area contributed by atoms with E-state index in [1.165, 1.54) is 0 Å². The number of fused-ring (bicyclic) bond motifs is 1. The van der Waals surface area contributed by atoms with Gasteiger partial charge in [0.2, 0.25) is 10.0 Å². The molecule has 2 aromatic rings. The van der Waals surface area contributed by atoms with Crippen LogP contribution in [0.2, 0.25) is 0 Å². The molecule has 3 rings (SSSR count). The van der Waals surface area contributed by atoms with Crippen molar-refractivity contribution in [1.29, 1.82) is 0 Å². The van der Waals surface area contributed by atoms with Crippen LogP contribution >= 0.6 is 0 Å². The van der Waals surface area contributed by atoms with Gasteiger partial charge in [0.05, 0.1) is 22.8 Å². The maximum absolute atomic E-state index is 11.6. The molecule has 0 spiro atoms. The number of benzene rings is 1. The smallest absolute Gasteiger partial charge is 0.214 e. The molecule has 90 valence electrons. The third-order valence-electron chi connectivity index (χ3n) is 2.84.